The smallest absolute Gasteiger partial charge is 0.132 e. The number of benzene rings is 1. The maximum absolute atomic E-state index is 11.0. The van der Waals surface area contributed by atoms with Crippen LogP contribution in [0.15, 0.2) is 30.3 Å². The summed E-state index contributed by atoms with van der Waals surface area (Å²) in [5.74, 6) is 0.346. The van der Waals surface area contributed by atoms with Crippen LogP contribution < -0.4 is 5.32 Å². The third kappa shape index (κ3) is 12.8. The molecule has 1 aromatic carbocycles. The van der Waals surface area contributed by atoms with Crippen molar-refractivity contribution in [3.63, 3.8) is 0 Å². The van der Waals surface area contributed by atoms with Crippen LogP contribution in [0.5, 0.6) is 0 Å². The van der Waals surface area contributed by atoms with Crippen LogP contribution >= 0.6 is 0 Å². The summed E-state index contributed by atoms with van der Waals surface area (Å²) in [5.41, 5.74) is 1.25. The second kappa shape index (κ2) is 14.8. The lowest BCUT2D eigenvalue weighted by atomic mass is 10.1. The van der Waals surface area contributed by atoms with Crippen molar-refractivity contribution < 1.29 is 4.79 Å². The molecule has 1 rings (SSSR count). The number of hydrogen-bond donors (Lipinski definition) is 1. The first kappa shape index (κ1) is 18.2. The number of hydrogen-bond acceptors (Lipinski definition) is 2. The molecule has 0 bridgehead atoms. The zero-order valence-electron chi connectivity index (χ0n) is 11.9. The third-order valence-corrected chi connectivity index (χ3v) is 1.93. The number of Topliss-reactive ketones (excluding diaryl/α,β-unsaturated/α-hetero) is 1. The van der Waals surface area contributed by atoms with Gasteiger partial charge in [0, 0.05) is 12.8 Å². The Balaban J connectivity index is 0. The van der Waals surface area contributed by atoms with Gasteiger partial charge in [0.15, 0.2) is 0 Å². The van der Waals surface area contributed by atoms with Crippen molar-refractivity contribution in [1.82, 2.24) is 5.32 Å². The Morgan fingerprint density at radius 1 is 1.12 bits per heavy atom. The first-order valence-corrected chi connectivity index (χ1v) is 6.38. The highest BCUT2D eigenvalue weighted by atomic mass is 16.1. The monoisotopic (exact) mass is 237 g/mol. The van der Waals surface area contributed by atoms with E-state index in [4.69, 9.17) is 0 Å². The molecule has 0 saturated heterocycles. The molecule has 98 valence electrons. The molecule has 0 spiro atoms. The van der Waals surface area contributed by atoms with Gasteiger partial charge in [-0.15, -0.1) is 0 Å². The Bertz CT molecular complexity index is 257. The molecule has 2 nitrogen and oxygen atoms in total. The average Bonchev–Trinajstić information content (AvgIpc) is 2.40. The fourth-order valence-corrected chi connectivity index (χ4v) is 1.11. The predicted molar refractivity (Wildman–Crippen MR) is 76.4 cm³/mol. The van der Waals surface area contributed by atoms with Gasteiger partial charge in [0.05, 0.1) is 0 Å². The van der Waals surface area contributed by atoms with Crippen LogP contribution in [0.25, 0.3) is 0 Å². The molecule has 0 unspecified atom stereocenters. The molecular formula is C15H27NO. The van der Waals surface area contributed by atoms with Crippen LogP contribution in [0.1, 0.15) is 39.2 Å². The number of rotatable bonds is 4. The van der Waals surface area contributed by atoms with Gasteiger partial charge in [-0.05, 0) is 26.1 Å². The minimum atomic E-state index is 0.346. The zero-order chi connectivity index (χ0) is 13.5. The van der Waals surface area contributed by atoms with E-state index in [9.17, 15) is 4.79 Å². The van der Waals surface area contributed by atoms with Crippen LogP contribution in [0, 0.1) is 0 Å². The first-order chi connectivity index (χ1) is 8.24. The van der Waals surface area contributed by atoms with Crippen molar-refractivity contribution in [1.29, 1.82) is 0 Å². The maximum Gasteiger partial charge on any atom is 0.132 e. The summed E-state index contributed by atoms with van der Waals surface area (Å²) in [7, 11) is 3.75. The minimum absolute atomic E-state index is 0.346. The highest BCUT2D eigenvalue weighted by Crippen LogP contribution is 2.03. The van der Waals surface area contributed by atoms with Crippen molar-refractivity contribution in [2.24, 2.45) is 0 Å². The average molecular weight is 237 g/mol. The lowest BCUT2D eigenvalue weighted by Crippen LogP contribution is -1.97. The number of carbonyl (C=O) groups is 1. The number of aryl methyl sites for hydroxylation is 1. The maximum atomic E-state index is 11.0. The van der Waals surface area contributed by atoms with Crippen molar-refractivity contribution in [3.05, 3.63) is 35.9 Å². The second-order valence-electron chi connectivity index (χ2n) is 3.38. The summed E-state index contributed by atoms with van der Waals surface area (Å²) in [6.45, 7) is 5.91. The largest absolute Gasteiger partial charge is 0.323 e. The molecule has 0 saturated carbocycles. The lowest BCUT2D eigenvalue weighted by molar-refractivity contribution is -0.118. The van der Waals surface area contributed by atoms with Crippen molar-refractivity contribution >= 4 is 5.78 Å². The van der Waals surface area contributed by atoms with E-state index in [2.05, 4.69) is 17.4 Å². The minimum Gasteiger partial charge on any atom is -0.323 e. The Labute approximate surface area is 106 Å². The van der Waals surface area contributed by atoms with Gasteiger partial charge >= 0.3 is 0 Å². The van der Waals surface area contributed by atoms with E-state index in [-0.39, 0.29) is 0 Å². The van der Waals surface area contributed by atoms with Gasteiger partial charge in [-0.25, -0.2) is 0 Å². The third-order valence-electron chi connectivity index (χ3n) is 1.93. The summed E-state index contributed by atoms with van der Waals surface area (Å²) in [4.78, 5) is 11.0. The molecule has 2 heteroatoms. The second-order valence-corrected chi connectivity index (χ2v) is 3.38. The Morgan fingerprint density at radius 2 is 1.59 bits per heavy atom. The van der Waals surface area contributed by atoms with Crippen molar-refractivity contribution in [2.75, 3.05) is 14.1 Å². The van der Waals surface area contributed by atoms with Gasteiger partial charge < -0.3 is 5.32 Å². The van der Waals surface area contributed by atoms with E-state index in [1.807, 2.05) is 53.1 Å². The summed E-state index contributed by atoms with van der Waals surface area (Å²) in [5, 5.41) is 2.75. The van der Waals surface area contributed by atoms with Crippen LogP contribution in [0.4, 0.5) is 0 Å². The molecule has 0 atom stereocenters. The Morgan fingerprint density at radius 3 is 2.00 bits per heavy atom. The van der Waals surface area contributed by atoms with Gasteiger partial charge in [0.2, 0.25) is 0 Å². The van der Waals surface area contributed by atoms with Gasteiger partial charge in [0.1, 0.15) is 5.78 Å². The molecular weight excluding hydrogens is 210 g/mol. The zero-order valence-corrected chi connectivity index (χ0v) is 11.9. The van der Waals surface area contributed by atoms with E-state index < -0.39 is 0 Å². The van der Waals surface area contributed by atoms with E-state index in [1.54, 1.807) is 0 Å². The summed E-state index contributed by atoms with van der Waals surface area (Å²) in [6, 6.07) is 10.1. The van der Waals surface area contributed by atoms with E-state index in [0.29, 0.717) is 18.6 Å². The normalized spacial score (nSPS) is 8.29. The van der Waals surface area contributed by atoms with Crippen molar-refractivity contribution in [3.8, 4) is 0 Å². The van der Waals surface area contributed by atoms with Crippen LogP contribution in [0.3, 0.4) is 0 Å². The van der Waals surface area contributed by atoms with Gasteiger partial charge in [0.25, 0.3) is 0 Å². The standard InChI is InChI=1S/C11H14O.C2H7N.C2H6/c1-2-11(12)9-8-10-6-4-3-5-7-10;1-3-2;1-2/h3-7H,2,8-9H2,1H3;3H,1-2H3;1-2H3. The Kier molecular flexibility index (Phi) is 15.9. The Hall–Kier alpha value is -1.15. The summed E-state index contributed by atoms with van der Waals surface area (Å²) >= 11 is 0. The highest BCUT2D eigenvalue weighted by molar-refractivity contribution is 5.78. The molecule has 0 heterocycles. The fourth-order valence-electron chi connectivity index (χ4n) is 1.11. The van der Waals surface area contributed by atoms with Gasteiger partial charge in [-0.2, -0.15) is 0 Å². The molecule has 0 fully saturated rings. The quantitative estimate of drug-likeness (QED) is 0.869. The molecule has 0 aliphatic heterocycles. The van der Waals surface area contributed by atoms with E-state index in [0.717, 1.165) is 6.42 Å². The number of nitrogens with one attached hydrogen (secondary N) is 1. The topological polar surface area (TPSA) is 29.1 Å². The van der Waals surface area contributed by atoms with E-state index in [1.165, 1.54) is 5.56 Å². The summed E-state index contributed by atoms with van der Waals surface area (Å²) < 4.78 is 0. The number of carbonyl (C=O) groups excluding carboxylic acids is 1. The number of ketones is 1. The van der Waals surface area contributed by atoms with Gasteiger partial charge in [-0.1, -0.05) is 51.1 Å². The van der Waals surface area contributed by atoms with Crippen LogP contribution in [-0.4, -0.2) is 19.9 Å². The molecule has 0 aliphatic carbocycles. The summed E-state index contributed by atoms with van der Waals surface area (Å²) in [6.07, 6.45) is 2.22. The molecule has 1 aromatic rings. The fraction of sp³-hybridized carbons (Fsp3) is 0.533. The van der Waals surface area contributed by atoms with Crippen LogP contribution in [0.2, 0.25) is 0 Å². The highest BCUT2D eigenvalue weighted by Gasteiger charge is 1.98. The molecule has 0 aromatic heterocycles. The predicted octanol–water partition coefficient (Wildman–Crippen LogP) is 3.46. The van der Waals surface area contributed by atoms with E-state index >= 15 is 0 Å². The molecule has 0 aliphatic rings. The molecule has 0 amide bonds. The first-order valence-electron chi connectivity index (χ1n) is 6.38. The van der Waals surface area contributed by atoms with Crippen LogP contribution in [-0.2, 0) is 11.2 Å². The SMILES string of the molecule is CC.CCC(=O)CCc1ccccc1.CNC. The molecule has 17 heavy (non-hydrogen) atoms. The van der Waals surface area contributed by atoms with Crippen molar-refractivity contribution in [2.45, 2.75) is 40.0 Å². The lowest BCUT2D eigenvalue weighted by Gasteiger charge is -1.98. The molecule has 1 N–H and O–H groups in total. The van der Waals surface area contributed by atoms with Gasteiger partial charge in [-0.3, -0.25) is 4.79 Å². The molecule has 0 radical (unpaired) electrons.